The summed E-state index contributed by atoms with van der Waals surface area (Å²) in [6.07, 6.45) is 0.348. The van der Waals surface area contributed by atoms with E-state index in [2.05, 4.69) is 4.72 Å². The number of halogens is 1. The standard InChI is InChI=1S/C12H15ClN2O3S/c1-2-10(16)5-6-15-19(17,18)12-7-9(8-14)3-4-11(12)13/h3-4,7,10,15-16H,2,5-6H2,1H3. The maximum absolute atomic E-state index is 12.0. The zero-order valence-electron chi connectivity index (χ0n) is 10.4. The van der Waals surface area contributed by atoms with Crippen molar-refractivity contribution in [3.05, 3.63) is 28.8 Å². The van der Waals surface area contributed by atoms with Crippen molar-refractivity contribution < 1.29 is 13.5 Å². The largest absolute Gasteiger partial charge is 0.393 e. The minimum Gasteiger partial charge on any atom is -0.393 e. The van der Waals surface area contributed by atoms with Gasteiger partial charge in [-0.25, -0.2) is 13.1 Å². The molecule has 104 valence electrons. The lowest BCUT2D eigenvalue weighted by molar-refractivity contribution is 0.162. The molecule has 0 radical (unpaired) electrons. The van der Waals surface area contributed by atoms with Gasteiger partial charge in [-0.2, -0.15) is 5.26 Å². The Morgan fingerprint density at radius 3 is 2.79 bits per heavy atom. The van der Waals surface area contributed by atoms with Crippen LogP contribution < -0.4 is 4.72 Å². The van der Waals surface area contributed by atoms with Crippen LogP contribution in [0.4, 0.5) is 0 Å². The molecule has 1 atom stereocenters. The topological polar surface area (TPSA) is 90.2 Å². The summed E-state index contributed by atoms with van der Waals surface area (Å²) < 4.78 is 26.4. The molecule has 19 heavy (non-hydrogen) atoms. The van der Waals surface area contributed by atoms with Crippen LogP contribution in [0.5, 0.6) is 0 Å². The normalized spacial score (nSPS) is 12.9. The quantitative estimate of drug-likeness (QED) is 0.836. The highest BCUT2D eigenvalue weighted by Crippen LogP contribution is 2.22. The van der Waals surface area contributed by atoms with Crippen LogP contribution in [0.25, 0.3) is 0 Å². The molecule has 5 nitrogen and oxygen atoms in total. The van der Waals surface area contributed by atoms with Gasteiger partial charge in [0.2, 0.25) is 10.0 Å². The van der Waals surface area contributed by atoms with Crippen molar-refractivity contribution in [2.45, 2.75) is 30.8 Å². The van der Waals surface area contributed by atoms with Crippen molar-refractivity contribution >= 4 is 21.6 Å². The number of aliphatic hydroxyl groups excluding tert-OH is 1. The van der Waals surface area contributed by atoms with Crippen LogP contribution in [-0.2, 0) is 10.0 Å². The van der Waals surface area contributed by atoms with Gasteiger partial charge < -0.3 is 5.11 Å². The minimum absolute atomic E-state index is 0.0579. The summed E-state index contributed by atoms with van der Waals surface area (Å²) in [6.45, 7) is 1.93. The lowest BCUT2D eigenvalue weighted by atomic mass is 10.2. The van der Waals surface area contributed by atoms with Crippen molar-refractivity contribution in [3.63, 3.8) is 0 Å². The highest BCUT2D eigenvalue weighted by molar-refractivity contribution is 7.89. The van der Waals surface area contributed by atoms with Gasteiger partial charge in [0.15, 0.2) is 0 Å². The van der Waals surface area contributed by atoms with Gasteiger partial charge in [0.05, 0.1) is 22.8 Å². The van der Waals surface area contributed by atoms with E-state index >= 15 is 0 Å². The lowest BCUT2D eigenvalue weighted by Crippen LogP contribution is -2.27. The molecule has 0 aliphatic carbocycles. The highest BCUT2D eigenvalue weighted by atomic mass is 35.5. The third-order valence-corrected chi connectivity index (χ3v) is 4.53. The molecular formula is C12H15ClN2O3S. The van der Waals surface area contributed by atoms with Crippen LogP contribution in [0.2, 0.25) is 5.02 Å². The molecule has 2 N–H and O–H groups in total. The number of aliphatic hydroxyl groups is 1. The monoisotopic (exact) mass is 302 g/mol. The molecule has 1 aromatic carbocycles. The molecule has 0 saturated carbocycles. The third kappa shape index (κ3) is 4.48. The van der Waals surface area contributed by atoms with Crippen molar-refractivity contribution in [2.24, 2.45) is 0 Å². The van der Waals surface area contributed by atoms with Crippen LogP contribution in [-0.4, -0.2) is 26.2 Å². The fourth-order valence-electron chi connectivity index (χ4n) is 1.42. The Labute approximate surface area is 117 Å². The van der Waals surface area contributed by atoms with Gasteiger partial charge in [-0.15, -0.1) is 0 Å². The number of hydrogen-bond acceptors (Lipinski definition) is 4. The summed E-state index contributed by atoms with van der Waals surface area (Å²) in [5.74, 6) is 0. The number of nitrogens with zero attached hydrogens (tertiary/aromatic N) is 1. The Hall–Kier alpha value is -1.13. The number of benzene rings is 1. The molecule has 0 aromatic heterocycles. The molecule has 7 heteroatoms. The van der Waals surface area contributed by atoms with Crippen molar-refractivity contribution in [1.82, 2.24) is 4.72 Å². The Bertz CT molecular complexity index is 581. The maximum Gasteiger partial charge on any atom is 0.242 e. The zero-order valence-corrected chi connectivity index (χ0v) is 12.0. The fourth-order valence-corrected chi connectivity index (χ4v) is 2.99. The molecule has 0 fully saturated rings. The number of hydrogen-bond donors (Lipinski definition) is 2. The van der Waals surface area contributed by atoms with Gasteiger partial charge in [-0.3, -0.25) is 0 Å². The first kappa shape index (κ1) is 15.9. The van der Waals surface area contributed by atoms with Gasteiger partial charge in [0.1, 0.15) is 4.90 Å². The van der Waals surface area contributed by atoms with Crippen LogP contribution in [0.3, 0.4) is 0 Å². The molecule has 0 amide bonds. The number of sulfonamides is 1. The van der Waals surface area contributed by atoms with Crippen molar-refractivity contribution in [1.29, 1.82) is 5.26 Å². The van der Waals surface area contributed by atoms with Crippen LogP contribution >= 0.6 is 11.6 Å². The lowest BCUT2D eigenvalue weighted by Gasteiger charge is -2.10. The Morgan fingerprint density at radius 1 is 1.53 bits per heavy atom. The first-order valence-electron chi connectivity index (χ1n) is 5.78. The van der Waals surface area contributed by atoms with E-state index in [-0.39, 0.29) is 22.0 Å². The summed E-state index contributed by atoms with van der Waals surface area (Å²) in [5, 5.41) is 18.2. The maximum atomic E-state index is 12.0. The first-order chi connectivity index (χ1) is 8.90. The number of rotatable bonds is 6. The van der Waals surface area contributed by atoms with Crippen molar-refractivity contribution in [2.75, 3.05) is 6.54 Å². The van der Waals surface area contributed by atoms with Gasteiger partial charge in [0.25, 0.3) is 0 Å². The second-order valence-electron chi connectivity index (χ2n) is 4.01. The van der Waals surface area contributed by atoms with Gasteiger partial charge in [0, 0.05) is 6.54 Å². The molecular weight excluding hydrogens is 288 g/mol. The second-order valence-corrected chi connectivity index (χ2v) is 6.15. The molecule has 0 aliphatic heterocycles. The molecule has 0 aliphatic rings. The second kappa shape index (κ2) is 6.87. The Kier molecular flexibility index (Phi) is 5.76. The molecule has 0 heterocycles. The van der Waals surface area contributed by atoms with Gasteiger partial charge in [-0.1, -0.05) is 18.5 Å². The summed E-state index contributed by atoms with van der Waals surface area (Å²) in [4.78, 5) is -0.126. The van der Waals surface area contributed by atoms with Crippen LogP contribution in [0.1, 0.15) is 25.3 Å². The summed E-state index contributed by atoms with van der Waals surface area (Å²) in [5.41, 5.74) is 0.221. The van der Waals surface area contributed by atoms with E-state index < -0.39 is 16.1 Å². The van der Waals surface area contributed by atoms with E-state index in [0.29, 0.717) is 12.8 Å². The average molecular weight is 303 g/mol. The minimum atomic E-state index is -3.77. The first-order valence-corrected chi connectivity index (χ1v) is 7.64. The predicted molar refractivity (Wildman–Crippen MR) is 72.3 cm³/mol. The van der Waals surface area contributed by atoms with Crippen LogP contribution in [0, 0.1) is 11.3 Å². The highest BCUT2D eigenvalue weighted by Gasteiger charge is 2.18. The van der Waals surface area contributed by atoms with E-state index in [9.17, 15) is 13.5 Å². The van der Waals surface area contributed by atoms with E-state index in [1.54, 1.807) is 0 Å². The molecule has 1 rings (SSSR count). The average Bonchev–Trinajstić information content (AvgIpc) is 2.38. The smallest absolute Gasteiger partial charge is 0.242 e. The molecule has 0 saturated heterocycles. The molecule has 1 unspecified atom stereocenters. The Morgan fingerprint density at radius 2 is 2.21 bits per heavy atom. The zero-order chi connectivity index (χ0) is 14.5. The van der Waals surface area contributed by atoms with Crippen LogP contribution in [0.15, 0.2) is 23.1 Å². The van der Waals surface area contributed by atoms with Gasteiger partial charge >= 0.3 is 0 Å². The van der Waals surface area contributed by atoms with E-state index in [1.165, 1.54) is 18.2 Å². The molecule has 0 bridgehead atoms. The van der Waals surface area contributed by atoms with Crippen molar-refractivity contribution in [3.8, 4) is 6.07 Å². The number of nitriles is 1. The molecule has 1 aromatic rings. The van der Waals surface area contributed by atoms with Gasteiger partial charge in [-0.05, 0) is 31.0 Å². The summed E-state index contributed by atoms with van der Waals surface area (Å²) >= 11 is 5.83. The number of nitrogens with one attached hydrogen (secondary N) is 1. The third-order valence-electron chi connectivity index (χ3n) is 2.59. The van der Waals surface area contributed by atoms with E-state index in [4.69, 9.17) is 16.9 Å². The Balaban J connectivity index is 2.86. The summed E-state index contributed by atoms with van der Waals surface area (Å²) in [7, 11) is -3.77. The SMILES string of the molecule is CCC(O)CCNS(=O)(=O)c1cc(C#N)ccc1Cl. The van der Waals surface area contributed by atoms with E-state index in [0.717, 1.165) is 0 Å². The predicted octanol–water partition coefficient (Wildman–Crippen LogP) is 1.65. The molecule has 0 spiro atoms. The summed E-state index contributed by atoms with van der Waals surface area (Å²) in [6, 6.07) is 5.90. The van der Waals surface area contributed by atoms with E-state index in [1.807, 2.05) is 13.0 Å². The fraction of sp³-hybridized carbons (Fsp3) is 0.417.